The Hall–Kier alpha value is -1.84. The van der Waals surface area contributed by atoms with Crippen molar-refractivity contribution in [1.29, 1.82) is 0 Å². The first kappa shape index (κ1) is 12.6. The van der Waals surface area contributed by atoms with Gasteiger partial charge in [0.25, 0.3) is 0 Å². The highest BCUT2D eigenvalue weighted by Gasteiger charge is 2.31. The zero-order chi connectivity index (χ0) is 13.1. The van der Waals surface area contributed by atoms with E-state index in [1.165, 1.54) is 5.56 Å². The number of anilines is 1. The van der Waals surface area contributed by atoms with E-state index >= 15 is 0 Å². The highest BCUT2D eigenvalue weighted by atomic mass is 16.2. The van der Waals surface area contributed by atoms with Crippen LogP contribution in [0.25, 0.3) is 0 Å². The molecule has 4 heteroatoms. The first-order valence-corrected chi connectivity index (χ1v) is 6.26. The van der Waals surface area contributed by atoms with Crippen LogP contribution in [0.2, 0.25) is 0 Å². The van der Waals surface area contributed by atoms with Gasteiger partial charge in [-0.2, -0.15) is 0 Å². The lowest BCUT2D eigenvalue weighted by Crippen LogP contribution is -2.36. The van der Waals surface area contributed by atoms with Crippen LogP contribution in [0.5, 0.6) is 0 Å². The van der Waals surface area contributed by atoms with Crippen molar-refractivity contribution in [1.82, 2.24) is 5.32 Å². The molecule has 0 aromatic heterocycles. The summed E-state index contributed by atoms with van der Waals surface area (Å²) in [6.45, 7) is 4.39. The van der Waals surface area contributed by atoms with Crippen molar-refractivity contribution in [3.8, 4) is 0 Å². The van der Waals surface area contributed by atoms with Gasteiger partial charge in [-0.15, -0.1) is 0 Å². The van der Waals surface area contributed by atoms with Crippen LogP contribution < -0.4 is 10.2 Å². The molecular formula is C14H18N2O2. The highest BCUT2D eigenvalue weighted by Crippen LogP contribution is 2.21. The number of carbonyl (C=O) groups is 2. The van der Waals surface area contributed by atoms with Crippen LogP contribution >= 0.6 is 0 Å². The average Bonchev–Trinajstić information content (AvgIpc) is 2.71. The lowest BCUT2D eigenvalue weighted by Gasteiger charge is -2.17. The van der Waals surface area contributed by atoms with Gasteiger partial charge in [0.05, 0.1) is 6.04 Å². The number of nitrogens with zero attached hydrogens (tertiary/aromatic N) is 1. The summed E-state index contributed by atoms with van der Waals surface area (Å²) in [5, 5.41) is 2.87. The molecular weight excluding hydrogens is 228 g/mol. The third-order valence-corrected chi connectivity index (χ3v) is 3.16. The summed E-state index contributed by atoms with van der Waals surface area (Å²) < 4.78 is 0. The minimum atomic E-state index is -0.0637. The fourth-order valence-electron chi connectivity index (χ4n) is 2.11. The molecule has 0 saturated carbocycles. The predicted octanol–water partition coefficient (Wildman–Crippen LogP) is 1.63. The Balaban J connectivity index is 2.05. The summed E-state index contributed by atoms with van der Waals surface area (Å²) in [5.74, 6) is 0.0683. The number of hydrogen-bond acceptors (Lipinski definition) is 2. The molecule has 1 heterocycles. The first-order chi connectivity index (χ1) is 8.60. The molecule has 2 amide bonds. The van der Waals surface area contributed by atoms with Crippen LogP contribution in [0.1, 0.15) is 25.3 Å². The number of carbonyl (C=O) groups excluding carboxylic acids is 2. The van der Waals surface area contributed by atoms with E-state index < -0.39 is 0 Å². The molecule has 1 aromatic rings. The monoisotopic (exact) mass is 246 g/mol. The Bertz CT molecular complexity index is 453. The van der Waals surface area contributed by atoms with Gasteiger partial charge in [-0.25, -0.2) is 0 Å². The van der Waals surface area contributed by atoms with Crippen LogP contribution in [-0.4, -0.2) is 24.4 Å². The number of hydrogen-bond donors (Lipinski definition) is 1. The Morgan fingerprint density at radius 2 is 2.06 bits per heavy atom. The minimum absolute atomic E-state index is 0.00134. The standard InChI is InChI=1S/C14H18N2O2/c1-3-13(17)15-11-8-14(18)16(9-11)12-6-4-10(2)5-7-12/h4-7,11H,3,8-9H2,1-2H3,(H,15,17). The number of benzene rings is 1. The van der Waals surface area contributed by atoms with Crippen molar-refractivity contribution in [2.45, 2.75) is 32.7 Å². The number of amides is 2. The molecule has 1 N–H and O–H groups in total. The molecule has 2 rings (SSSR count). The Morgan fingerprint density at radius 1 is 1.39 bits per heavy atom. The third-order valence-electron chi connectivity index (χ3n) is 3.16. The number of nitrogens with one attached hydrogen (secondary N) is 1. The first-order valence-electron chi connectivity index (χ1n) is 6.26. The fraction of sp³-hybridized carbons (Fsp3) is 0.429. The second-order valence-electron chi connectivity index (χ2n) is 4.66. The van der Waals surface area contributed by atoms with E-state index in [-0.39, 0.29) is 17.9 Å². The molecule has 1 aliphatic rings. The molecule has 0 bridgehead atoms. The zero-order valence-electron chi connectivity index (χ0n) is 10.8. The summed E-state index contributed by atoms with van der Waals surface area (Å²) in [6.07, 6.45) is 0.842. The van der Waals surface area contributed by atoms with Crippen molar-refractivity contribution in [2.24, 2.45) is 0 Å². The third kappa shape index (κ3) is 2.70. The molecule has 4 nitrogen and oxygen atoms in total. The van der Waals surface area contributed by atoms with E-state index in [1.54, 1.807) is 4.90 Å². The fourth-order valence-corrected chi connectivity index (χ4v) is 2.11. The van der Waals surface area contributed by atoms with E-state index in [1.807, 2.05) is 38.1 Å². The van der Waals surface area contributed by atoms with Gasteiger partial charge in [0, 0.05) is 25.1 Å². The molecule has 0 aliphatic carbocycles. The van der Waals surface area contributed by atoms with Gasteiger partial charge in [0.15, 0.2) is 0 Å². The summed E-state index contributed by atoms with van der Waals surface area (Å²) in [6, 6.07) is 7.79. The van der Waals surface area contributed by atoms with Gasteiger partial charge in [-0.05, 0) is 19.1 Å². The van der Waals surface area contributed by atoms with Crippen molar-refractivity contribution in [3.63, 3.8) is 0 Å². The van der Waals surface area contributed by atoms with Gasteiger partial charge in [0.2, 0.25) is 11.8 Å². The molecule has 0 spiro atoms. The SMILES string of the molecule is CCC(=O)NC1CC(=O)N(c2ccc(C)cc2)C1. The Morgan fingerprint density at radius 3 is 2.67 bits per heavy atom. The Kier molecular flexibility index (Phi) is 3.65. The summed E-state index contributed by atoms with van der Waals surface area (Å²) in [5.41, 5.74) is 2.07. The van der Waals surface area contributed by atoms with Crippen LogP contribution in [0.3, 0.4) is 0 Å². The molecule has 1 aliphatic heterocycles. The molecule has 1 aromatic carbocycles. The van der Waals surface area contributed by atoms with Crippen LogP contribution in [0.15, 0.2) is 24.3 Å². The van der Waals surface area contributed by atoms with Crippen molar-refractivity contribution in [3.05, 3.63) is 29.8 Å². The topological polar surface area (TPSA) is 49.4 Å². The second-order valence-corrected chi connectivity index (χ2v) is 4.66. The zero-order valence-corrected chi connectivity index (χ0v) is 10.8. The molecule has 1 fully saturated rings. The van der Waals surface area contributed by atoms with E-state index in [0.29, 0.717) is 19.4 Å². The summed E-state index contributed by atoms with van der Waals surface area (Å²) in [7, 11) is 0. The maximum atomic E-state index is 11.9. The smallest absolute Gasteiger partial charge is 0.229 e. The van der Waals surface area contributed by atoms with Gasteiger partial charge >= 0.3 is 0 Å². The van der Waals surface area contributed by atoms with Crippen molar-refractivity contribution in [2.75, 3.05) is 11.4 Å². The normalized spacial score (nSPS) is 19.1. The number of aryl methyl sites for hydroxylation is 1. The average molecular weight is 246 g/mol. The number of rotatable bonds is 3. The molecule has 0 radical (unpaired) electrons. The van der Waals surface area contributed by atoms with Gasteiger partial charge in [-0.1, -0.05) is 24.6 Å². The quantitative estimate of drug-likeness (QED) is 0.881. The molecule has 96 valence electrons. The second kappa shape index (κ2) is 5.21. The van der Waals surface area contributed by atoms with E-state index in [0.717, 1.165) is 5.69 Å². The summed E-state index contributed by atoms with van der Waals surface area (Å²) in [4.78, 5) is 25.0. The highest BCUT2D eigenvalue weighted by molar-refractivity contribution is 5.96. The van der Waals surface area contributed by atoms with Crippen molar-refractivity contribution < 1.29 is 9.59 Å². The molecule has 1 saturated heterocycles. The largest absolute Gasteiger partial charge is 0.351 e. The van der Waals surface area contributed by atoms with E-state index in [2.05, 4.69) is 5.32 Å². The lowest BCUT2D eigenvalue weighted by atomic mass is 10.2. The predicted molar refractivity (Wildman–Crippen MR) is 70.4 cm³/mol. The van der Waals surface area contributed by atoms with E-state index in [4.69, 9.17) is 0 Å². The van der Waals surface area contributed by atoms with Gasteiger partial charge in [-0.3, -0.25) is 9.59 Å². The van der Waals surface area contributed by atoms with Crippen LogP contribution in [0, 0.1) is 6.92 Å². The Labute approximate surface area is 107 Å². The summed E-state index contributed by atoms with van der Waals surface area (Å²) >= 11 is 0. The van der Waals surface area contributed by atoms with Crippen LogP contribution in [0.4, 0.5) is 5.69 Å². The molecule has 1 unspecified atom stereocenters. The van der Waals surface area contributed by atoms with Gasteiger partial charge < -0.3 is 10.2 Å². The van der Waals surface area contributed by atoms with Crippen LogP contribution in [-0.2, 0) is 9.59 Å². The van der Waals surface area contributed by atoms with E-state index in [9.17, 15) is 9.59 Å². The minimum Gasteiger partial charge on any atom is -0.351 e. The maximum absolute atomic E-state index is 11.9. The van der Waals surface area contributed by atoms with Crippen molar-refractivity contribution >= 4 is 17.5 Å². The maximum Gasteiger partial charge on any atom is 0.229 e. The molecule has 1 atom stereocenters. The molecule has 18 heavy (non-hydrogen) atoms. The van der Waals surface area contributed by atoms with Gasteiger partial charge in [0.1, 0.15) is 0 Å². The lowest BCUT2D eigenvalue weighted by molar-refractivity contribution is -0.121.